The lowest BCUT2D eigenvalue weighted by Crippen LogP contribution is -2.46. The monoisotopic (exact) mass is 517 g/mol. The Labute approximate surface area is 181 Å². The van der Waals surface area contributed by atoms with Gasteiger partial charge in [-0.15, -0.1) is 24.0 Å². The van der Waals surface area contributed by atoms with E-state index >= 15 is 0 Å². The van der Waals surface area contributed by atoms with Crippen molar-refractivity contribution in [2.75, 3.05) is 52.6 Å². The number of carbonyl (C=O) groups is 1. The highest BCUT2D eigenvalue weighted by molar-refractivity contribution is 14.0. The number of rotatable bonds is 9. The van der Waals surface area contributed by atoms with Crippen LogP contribution < -0.4 is 10.6 Å². The number of nitrogens with zero attached hydrogens (tertiary/aromatic N) is 3. The van der Waals surface area contributed by atoms with E-state index < -0.39 is 10.0 Å². The molecule has 0 aromatic carbocycles. The zero-order valence-corrected chi connectivity index (χ0v) is 20.2. The predicted molar refractivity (Wildman–Crippen MR) is 121 cm³/mol. The molecule has 1 amide bonds. The first kappa shape index (κ1) is 26.4. The summed E-state index contributed by atoms with van der Waals surface area (Å²) in [5.74, 6) is 1.55. The number of hydrogen-bond acceptors (Lipinski definition) is 4. The number of piperidine rings is 1. The number of nitrogens with one attached hydrogen (secondary N) is 2. The average molecular weight is 517 g/mol. The molecule has 1 fully saturated rings. The molecule has 1 saturated heterocycles. The van der Waals surface area contributed by atoms with Crippen LogP contribution in [0.1, 0.15) is 39.5 Å². The van der Waals surface area contributed by atoms with Crippen molar-refractivity contribution in [1.82, 2.24) is 19.8 Å². The molecule has 1 aliphatic rings. The third-order valence-electron chi connectivity index (χ3n) is 4.73. The lowest BCUT2D eigenvalue weighted by molar-refractivity contribution is -0.121. The van der Waals surface area contributed by atoms with Gasteiger partial charge in [0.05, 0.1) is 5.75 Å². The van der Waals surface area contributed by atoms with Crippen LogP contribution in [0.2, 0.25) is 0 Å². The summed E-state index contributed by atoms with van der Waals surface area (Å²) >= 11 is 0. The van der Waals surface area contributed by atoms with E-state index in [4.69, 9.17) is 0 Å². The van der Waals surface area contributed by atoms with Crippen LogP contribution in [0.15, 0.2) is 4.99 Å². The molecular weight excluding hydrogens is 481 g/mol. The van der Waals surface area contributed by atoms with E-state index in [2.05, 4.69) is 20.5 Å². The molecule has 1 rings (SSSR count). The number of amides is 1. The van der Waals surface area contributed by atoms with Gasteiger partial charge in [0.2, 0.25) is 15.9 Å². The van der Waals surface area contributed by atoms with Crippen molar-refractivity contribution in [2.24, 2.45) is 10.9 Å². The first-order valence-electron chi connectivity index (χ1n) is 9.51. The summed E-state index contributed by atoms with van der Waals surface area (Å²) < 4.78 is 24.9. The van der Waals surface area contributed by atoms with Gasteiger partial charge < -0.3 is 15.5 Å². The molecule has 2 N–H and O–H groups in total. The molecule has 160 valence electrons. The van der Waals surface area contributed by atoms with Crippen molar-refractivity contribution in [1.29, 1.82) is 0 Å². The van der Waals surface area contributed by atoms with Gasteiger partial charge in [-0.05, 0) is 39.0 Å². The van der Waals surface area contributed by atoms with Gasteiger partial charge in [0.15, 0.2) is 5.96 Å². The van der Waals surface area contributed by atoms with Crippen LogP contribution in [0.4, 0.5) is 0 Å². The first-order valence-corrected chi connectivity index (χ1v) is 11.1. The minimum Gasteiger partial charge on any atom is -0.359 e. The number of halogens is 1. The Kier molecular flexibility index (Phi) is 13.2. The van der Waals surface area contributed by atoms with Gasteiger partial charge in [-0.1, -0.05) is 0 Å². The fourth-order valence-electron chi connectivity index (χ4n) is 2.98. The molecular formula is C17H36IN5O3S. The molecule has 1 heterocycles. The molecule has 8 nitrogen and oxygen atoms in total. The van der Waals surface area contributed by atoms with Crippen molar-refractivity contribution in [3.05, 3.63) is 0 Å². The summed E-state index contributed by atoms with van der Waals surface area (Å²) in [5, 5.41) is 6.00. The summed E-state index contributed by atoms with van der Waals surface area (Å²) in [4.78, 5) is 18.4. The Bertz CT molecular complexity index is 563. The number of likely N-dealkylation sites (tertiary alicyclic amines) is 1. The van der Waals surface area contributed by atoms with Crippen LogP contribution in [0.25, 0.3) is 0 Å². The predicted octanol–water partition coefficient (Wildman–Crippen LogP) is 1.09. The molecule has 0 aliphatic carbocycles. The molecule has 0 aromatic heterocycles. The van der Waals surface area contributed by atoms with Gasteiger partial charge in [0.1, 0.15) is 0 Å². The second kappa shape index (κ2) is 13.5. The van der Waals surface area contributed by atoms with Crippen LogP contribution in [-0.4, -0.2) is 82.1 Å². The fourth-order valence-corrected chi connectivity index (χ4v) is 3.82. The Morgan fingerprint density at radius 2 is 1.89 bits per heavy atom. The molecule has 10 heteroatoms. The molecule has 27 heavy (non-hydrogen) atoms. The number of guanidine groups is 1. The zero-order chi connectivity index (χ0) is 19.6. The Morgan fingerprint density at radius 3 is 2.41 bits per heavy atom. The maximum atomic E-state index is 11.7. The highest BCUT2D eigenvalue weighted by Gasteiger charge is 2.23. The highest BCUT2D eigenvalue weighted by Crippen LogP contribution is 2.20. The number of sulfonamides is 1. The van der Waals surface area contributed by atoms with E-state index in [1.807, 2.05) is 6.92 Å². The van der Waals surface area contributed by atoms with Crippen molar-refractivity contribution in [2.45, 2.75) is 39.5 Å². The molecule has 0 radical (unpaired) electrons. The number of hydrogen-bond donors (Lipinski definition) is 2. The lowest BCUT2D eigenvalue weighted by atomic mass is 9.93. The fraction of sp³-hybridized carbons (Fsp3) is 0.882. The summed E-state index contributed by atoms with van der Waals surface area (Å²) in [5.41, 5.74) is 0. The largest absolute Gasteiger partial charge is 0.359 e. The van der Waals surface area contributed by atoms with Gasteiger partial charge in [0, 0.05) is 53.2 Å². The van der Waals surface area contributed by atoms with Crippen molar-refractivity contribution in [3.8, 4) is 0 Å². The van der Waals surface area contributed by atoms with Crippen LogP contribution >= 0.6 is 24.0 Å². The lowest BCUT2D eigenvalue weighted by Gasteiger charge is -2.34. The minimum absolute atomic E-state index is 0. The van der Waals surface area contributed by atoms with Gasteiger partial charge in [0.25, 0.3) is 0 Å². The van der Waals surface area contributed by atoms with Crippen molar-refractivity contribution in [3.63, 3.8) is 0 Å². The SMILES string of the molecule is CCNC(=NCCCN(C)S(=O)(=O)CC)N1CCC(CC(=O)NC)CC1.I. The molecule has 1 aliphatic heterocycles. The van der Waals surface area contributed by atoms with E-state index in [9.17, 15) is 13.2 Å². The van der Waals surface area contributed by atoms with Crippen LogP contribution in [0.3, 0.4) is 0 Å². The van der Waals surface area contributed by atoms with Crippen LogP contribution in [-0.2, 0) is 14.8 Å². The molecule has 0 bridgehead atoms. The van der Waals surface area contributed by atoms with E-state index in [1.54, 1.807) is 21.0 Å². The van der Waals surface area contributed by atoms with Gasteiger partial charge >= 0.3 is 0 Å². The third kappa shape index (κ3) is 9.42. The molecule has 0 aromatic rings. The van der Waals surface area contributed by atoms with E-state index in [0.717, 1.165) is 38.4 Å². The maximum absolute atomic E-state index is 11.7. The zero-order valence-electron chi connectivity index (χ0n) is 17.0. The van der Waals surface area contributed by atoms with Gasteiger partial charge in [-0.3, -0.25) is 9.79 Å². The first-order chi connectivity index (χ1) is 12.3. The molecule has 0 atom stereocenters. The second-order valence-corrected chi connectivity index (χ2v) is 8.98. The summed E-state index contributed by atoms with van der Waals surface area (Å²) in [7, 11) is 0.171. The number of aliphatic imine (C=N–C) groups is 1. The van der Waals surface area contributed by atoms with E-state index in [-0.39, 0.29) is 35.6 Å². The standard InChI is InChI=1S/C17H35N5O3S.HI/c1-5-19-17(20-10-7-11-21(4)26(24,25)6-2)22-12-8-15(9-13-22)14-16(23)18-3;/h15H,5-14H2,1-4H3,(H,18,23)(H,19,20);1H. The van der Waals surface area contributed by atoms with Gasteiger partial charge in [-0.25, -0.2) is 12.7 Å². The van der Waals surface area contributed by atoms with Gasteiger partial charge in [-0.2, -0.15) is 0 Å². The summed E-state index contributed by atoms with van der Waals surface area (Å²) in [6, 6.07) is 0. The van der Waals surface area contributed by atoms with Crippen molar-refractivity contribution >= 4 is 45.9 Å². The van der Waals surface area contributed by atoms with Crippen LogP contribution in [0, 0.1) is 5.92 Å². The normalized spacial score (nSPS) is 16.2. The third-order valence-corrected chi connectivity index (χ3v) is 6.60. The molecule has 0 saturated carbocycles. The highest BCUT2D eigenvalue weighted by atomic mass is 127. The number of carbonyl (C=O) groups excluding carboxylic acids is 1. The van der Waals surface area contributed by atoms with E-state index in [1.165, 1.54) is 4.31 Å². The smallest absolute Gasteiger partial charge is 0.220 e. The quantitative estimate of drug-likeness (QED) is 0.207. The minimum atomic E-state index is -3.12. The van der Waals surface area contributed by atoms with E-state index in [0.29, 0.717) is 31.8 Å². The maximum Gasteiger partial charge on any atom is 0.220 e. The second-order valence-electron chi connectivity index (χ2n) is 6.62. The average Bonchev–Trinajstić information content (AvgIpc) is 2.64. The Morgan fingerprint density at radius 1 is 1.26 bits per heavy atom. The Balaban J connectivity index is 0.00000676. The Hall–Kier alpha value is -0.620. The summed E-state index contributed by atoms with van der Waals surface area (Å²) in [6.07, 6.45) is 3.25. The van der Waals surface area contributed by atoms with Crippen LogP contribution in [0.5, 0.6) is 0 Å². The summed E-state index contributed by atoms with van der Waals surface area (Å²) in [6.45, 7) is 7.32. The van der Waals surface area contributed by atoms with Crippen molar-refractivity contribution < 1.29 is 13.2 Å². The molecule has 0 unspecified atom stereocenters. The topological polar surface area (TPSA) is 94.1 Å². The molecule has 0 spiro atoms.